The minimum absolute atomic E-state index is 0.177. The average Bonchev–Trinajstić information content (AvgIpc) is 2.86. The molecule has 3 heterocycles. The number of piperazine rings is 1. The third-order valence-corrected chi connectivity index (χ3v) is 8.09. The van der Waals surface area contributed by atoms with Crippen molar-refractivity contribution in [3.63, 3.8) is 0 Å². The van der Waals surface area contributed by atoms with Gasteiger partial charge in [-0.05, 0) is 62.7 Å². The molecule has 0 amide bonds. The van der Waals surface area contributed by atoms with Crippen molar-refractivity contribution in [3.8, 4) is 11.1 Å². The van der Waals surface area contributed by atoms with Crippen molar-refractivity contribution >= 4 is 51.6 Å². The van der Waals surface area contributed by atoms with E-state index in [1.54, 1.807) is 24.4 Å². The van der Waals surface area contributed by atoms with Gasteiger partial charge < -0.3 is 19.7 Å². The van der Waals surface area contributed by atoms with Crippen molar-refractivity contribution < 1.29 is 0 Å². The highest BCUT2D eigenvalue weighted by atomic mass is 35.5. The molecule has 2 aliphatic rings. The Hall–Kier alpha value is -3.13. The van der Waals surface area contributed by atoms with E-state index in [2.05, 4.69) is 43.8 Å². The van der Waals surface area contributed by atoms with Crippen LogP contribution in [0.5, 0.6) is 0 Å². The number of hydrogen-bond acceptors (Lipinski definition) is 6. The van der Waals surface area contributed by atoms with Crippen LogP contribution in [0.3, 0.4) is 0 Å². The van der Waals surface area contributed by atoms with E-state index in [0.29, 0.717) is 38.2 Å². The van der Waals surface area contributed by atoms with Gasteiger partial charge in [0, 0.05) is 67.1 Å². The van der Waals surface area contributed by atoms with E-state index in [9.17, 15) is 4.79 Å². The number of aromatic nitrogens is 3. The van der Waals surface area contributed by atoms with Gasteiger partial charge in [0.25, 0.3) is 0 Å². The molecule has 2 aromatic heterocycles. The molecular formula is C28H28Cl2N6O. The van der Waals surface area contributed by atoms with Crippen LogP contribution in [0.25, 0.3) is 22.2 Å². The number of fused-ring (bicyclic) bond motifs is 1. The molecule has 190 valence electrons. The molecule has 9 heteroatoms. The second-order valence-corrected chi connectivity index (χ2v) is 10.7. The maximum Gasteiger partial charge on any atom is 0.229 e. The molecule has 1 aliphatic carbocycles. The molecule has 2 aromatic carbocycles. The van der Waals surface area contributed by atoms with Crippen LogP contribution in [-0.4, -0.2) is 52.7 Å². The zero-order chi connectivity index (χ0) is 25.5. The molecule has 2 fully saturated rings. The minimum atomic E-state index is -0.177. The molecule has 6 rings (SSSR count). The number of nitrogens with one attached hydrogen (secondary N) is 1. The van der Waals surface area contributed by atoms with E-state index >= 15 is 0 Å². The predicted octanol–water partition coefficient (Wildman–Crippen LogP) is 5.99. The number of pyridine rings is 1. The van der Waals surface area contributed by atoms with Crippen LogP contribution in [0.15, 0.2) is 59.7 Å². The summed E-state index contributed by atoms with van der Waals surface area (Å²) in [5, 5.41) is 4.66. The van der Waals surface area contributed by atoms with Crippen molar-refractivity contribution in [1.82, 2.24) is 19.4 Å². The van der Waals surface area contributed by atoms with E-state index in [4.69, 9.17) is 28.2 Å². The Morgan fingerprint density at radius 1 is 0.973 bits per heavy atom. The minimum Gasteiger partial charge on any atom is -0.369 e. The highest BCUT2D eigenvalue weighted by Gasteiger charge is 2.25. The topological polar surface area (TPSA) is 66.3 Å². The van der Waals surface area contributed by atoms with Crippen LogP contribution in [-0.2, 0) is 0 Å². The maximum atomic E-state index is 13.6. The highest BCUT2D eigenvalue weighted by Crippen LogP contribution is 2.37. The number of likely N-dealkylation sites (N-methyl/N-ethyl adjacent to an activating group) is 1. The second kappa shape index (κ2) is 9.97. The molecule has 1 aliphatic heterocycles. The van der Waals surface area contributed by atoms with Gasteiger partial charge in [0.2, 0.25) is 11.4 Å². The van der Waals surface area contributed by atoms with Crippen molar-refractivity contribution in [1.29, 1.82) is 0 Å². The number of rotatable bonds is 5. The van der Waals surface area contributed by atoms with Crippen molar-refractivity contribution in [2.24, 2.45) is 0 Å². The maximum absolute atomic E-state index is 13.6. The van der Waals surface area contributed by atoms with Gasteiger partial charge in [-0.1, -0.05) is 29.3 Å². The first kappa shape index (κ1) is 24.2. The Morgan fingerprint density at radius 2 is 1.68 bits per heavy atom. The summed E-state index contributed by atoms with van der Waals surface area (Å²) < 4.78 is 2.10. The molecule has 1 saturated carbocycles. The largest absolute Gasteiger partial charge is 0.369 e. The van der Waals surface area contributed by atoms with Crippen LogP contribution >= 0.6 is 23.2 Å². The molecule has 0 atom stereocenters. The molecule has 0 spiro atoms. The first-order valence-corrected chi connectivity index (χ1v) is 13.4. The quantitative estimate of drug-likeness (QED) is 0.339. The lowest BCUT2D eigenvalue weighted by Crippen LogP contribution is -2.44. The molecule has 1 saturated heterocycles. The molecule has 7 nitrogen and oxygen atoms in total. The second-order valence-electron chi connectivity index (χ2n) is 9.85. The predicted molar refractivity (Wildman–Crippen MR) is 152 cm³/mol. The van der Waals surface area contributed by atoms with E-state index in [0.717, 1.165) is 51.1 Å². The summed E-state index contributed by atoms with van der Waals surface area (Å²) in [6.07, 6.45) is 6.69. The molecular weight excluding hydrogens is 507 g/mol. The molecule has 4 aromatic rings. The van der Waals surface area contributed by atoms with Crippen LogP contribution in [0.4, 0.5) is 17.3 Å². The van der Waals surface area contributed by atoms with Gasteiger partial charge >= 0.3 is 0 Å². The Kier molecular flexibility index (Phi) is 6.53. The Bertz CT molecular complexity index is 1490. The van der Waals surface area contributed by atoms with Crippen LogP contribution < -0.4 is 15.6 Å². The fourth-order valence-electron chi connectivity index (χ4n) is 5.02. The van der Waals surface area contributed by atoms with Crippen LogP contribution in [0, 0.1) is 0 Å². The van der Waals surface area contributed by atoms with E-state index < -0.39 is 0 Å². The summed E-state index contributed by atoms with van der Waals surface area (Å²) in [5.74, 6) is 0.454. The van der Waals surface area contributed by atoms with Crippen LogP contribution in [0.1, 0.15) is 25.3 Å². The van der Waals surface area contributed by atoms with Crippen LogP contribution in [0.2, 0.25) is 10.0 Å². The van der Waals surface area contributed by atoms with Gasteiger partial charge in [0.15, 0.2) is 0 Å². The summed E-state index contributed by atoms with van der Waals surface area (Å²) in [7, 11) is 2.16. The highest BCUT2D eigenvalue weighted by molar-refractivity contribution is 6.39. The smallest absolute Gasteiger partial charge is 0.229 e. The number of anilines is 3. The molecule has 0 unspecified atom stereocenters. The summed E-state index contributed by atoms with van der Waals surface area (Å²) in [6, 6.07) is 13.9. The third kappa shape index (κ3) is 4.67. The zero-order valence-electron chi connectivity index (χ0n) is 20.6. The number of hydrogen-bond donors (Lipinski definition) is 1. The summed E-state index contributed by atoms with van der Waals surface area (Å²) >= 11 is 12.9. The normalized spacial score (nSPS) is 16.7. The summed E-state index contributed by atoms with van der Waals surface area (Å²) in [5.41, 5.74) is 3.57. The third-order valence-electron chi connectivity index (χ3n) is 7.46. The monoisotopic (exact) mass is 534 g/mol. The summed E-state index contributed by atoms with van der Waals surface area (Å²) in [6.45, 7) is 4.18. The zero-order valence-corrected chi connectivity index (χ0v) is 22.1. The SMILES string of the molecule is CN1CCN(c2ccc(Nc3ncc4c(=O)c(-c5c(Cl)cccc5Cl)cn(C5CCC5)c4n3)cc2)CC1. The Morgan fingerprint density at radius 3 is 2.32 bits per heavy atom. The van der Waals surface area contributed by atoms with E-state index in [-0.39, 0.29) is 11.5 Å². The number of nitrogens with zero attached hydrogens (tertiary/aromatic N) is 5. The first-order valence-electron chi connectivity index (χ1n) is 12.6. The van der Waals surface area contributed by atoms with Gasteiger partial charge in [-0.2, -0.15) is 4.98 Å². The Labute approximate surface area is 225 Å². The van der Waals surface area contributed by atoms with Crippen molar-refractivity contribution in [3.05, 3.63) is 75.1 Å². The van der Waals surface area contributed by atoms with E-state index in [1.807, 2.05) is 18.3 Å². The number of halogens is 2. The van der Waals surface area contributed by atoms with E-state index in [1.165, 1.54) is 5.69 Å². The van der Waals surface area contributed by atoms with Gasteiger partial charge in [-0.15, -0.1) is 0 Å². The van der Waals surface area contributed by atoms with Gasteiger partial charge in [-0.3, -0.25) is 4.79 Å². The molecule has 1 N–H and O–H groups in total. The standard InChI is InChI=1S/C28H28Cl2N6O/c1-34-12-14-35(15-13-34)19-10-8-18(9-11-19)32-28-31-16-21-26(37)22(25-23(29)6-3-7-24(25)30)17-36(27(21)33-28)20-4-2-5-20/h3,6-11,16-17,20H,2,4-5,12-15H2,1H3,(H,31,32,33). The lowest BCUT2D eigenvalue weighted by molar-refractivity contribution is 0.313. The molecule has 0 radical (unpaired) electrons. The summed E-state index contributed by atoms with van der Waals surface area (Å²) in [4.78, 5) is 27.6. The van der Waals surface area contributed by atoms with Gasteiger partial charge in [0.05, 0.1) is 15.4 Å². The van der Waals surface area contributed by atoms with Crippen molar-refractivity contribution in [2.45, 2.75) is 25.3 Å². The fraction of sp³-hybridized carbons (Fsp3) is 0.321. The molecule has 0 bridgehead atoms. The van der Waals surface area contributed by atoms with Crippen molar-refractivity contribution in [2.75, 3.05) is 43.4 Å². The van der Waals surface area contributed by atoms with Gasteiger partial charge in [-0.25, -0.2) is 4.98 Å². The Balaban J connectivity index is 1.34. The lowest BCUT2D eigenvalue weighted by atomic mass is 9.92. The average molecular weight is 535 g/mol. The van der Waals surface area contributed by atoms with Gasteiger partial charge in [0.1, 0.15) is 5.65 Å². The first-order chi connectivity index (χ1) is 18.0. The number of benzene rings is 2. The fourth-order valence-corrected chi connectivity index (χ4v) is 5.62. The lowest BCUT2D eigenvalue weighted by Gasteiger charge is -2.34. The molecule has 37 heavy (non-hydrogen) atoms.